The third-order valence-electron chi connectivity index (χ3n) is 4.13. The number of fused-ring (bicyclic) bond motifs is 3. The van der Waals surface area contributed by atoms with Crippen molar-refractivity contribution in [3.8, 4) is 11.1 Å². The second-order valence-corrected chi connectivity index (χ2v) is 5.60. The van der Waals surface area contributed by atoms with Gasteiger partial charge in [-0.25, -0.2) is 0 Å². The lowest BCUT2D eigenvalue weighted by atomic mass is 9.92. The van der Waals surface area contributed by atoms with Crippen LogP contribution < -0.4 is 0 Å². The van der Waals surface area contributed by atoms with Crippen LogP contribution in [0.1, 0.15) is 18.9 Å². The van der Waals surface area contributed by atoms with E-state index in [1.807, 2.05) is 24.3 Å². The summed E-state index contributed by atoms with van der Waals surface area (Å²) >= 11 is 0. The van der Waals surface area contributed by atoms with Crippen LogP contribution in [0.5, 0.6) is 0 Å². The average molecular weight is 285 g/mol. The molecule has 1 radical (unpaired) electrons. The Bertz CT molecular complexity index is 932. The van der Waals surface area contributed by atoms with E-state index in [2.05, 4.69) is 49.4 Å². The van der Waals surface area contributed by atoms with E-state index < -0.39 is 0 Å². The zero-order valence-corrected chi connectivity index (χ0v) is 12.6. The van der Waals surface area contributed by atoms with Gasteiger partial charge in [0.2, 0.25) is 0 Å². The maximum atomic E-state index is 6.03. The zero-order chi connectivity index (χ0) is 14.9. The van der Waals surface area contributed by atoms with Gasteiger partial charge in [0.25, 0.3) is 0 Å². The van der Waals surface area contributed by atoms with Gasteiger partial charge in [0.1, 0.15) is 11.2 Å². The Balaban J connectivity index is 2.15. The van der Waals surface area contributed by atoms with Crippen molar-refractivity contribution in [2.24, 2.45) is 0 Å². The molecule has 0 N–H and O–H groups in total. The molecule has 1 aromatic heterocycles. The molecule has 0 aliphatic heterocycles. The summed E-state index contributed by atoms with van der Waals surface area (Å²) in [6, 6.07) is 24.2. The molecule has 0 saturated heterocycles. The lowest BCUT2D eigenvalue weighted by Gasteiger charge is -2.10. The SMILES string of the molecule is CCCc1ccc2oc3ccccc3c2c1-c1[c]cccc1. The molecule has 0 bridgehead atoms. The van der Waals surface area contributed by atoms with Crippen molar-refractivity contribution in [2.75, 3.05) is 0 Å². The molecule has 0 aliphatic rings. The Morgan fingerprint density at radius 2 is 1.77 bits per heavy atom. The molecule has 0 amide bonds. The van der Waals surface area contributed by atoms with E-state index in [0.717, 1.165) is 29.6 Å². The van der Waals surface area contributed by atoms with E-state index in [-0.39, 0.29) is 0 Å². The van der Waals surface area contributed by atoms with E-state index in [1.54, 1.807) is 0 Å². The van der Waals surface area contributed by atoms with Crippen LogP contribution in [0.25, 0.3) is 33.1 Å². The predicted octanol–water partition coefficient (Wildman–Crippen LogP) is 6.01. The van der Waals surface area contributed by atoms with Crippen LogP contribution in [-0.2, 0) is 6.42 Å². The Morgan fingerprint density at radius 1 is 0.909 bits per heavy atom. The average Bonchev–Trinajstić information content (AvgIpc) is 2.94. The molecule has 0 aliphatic carbocycles. The molecule has 0 spiro atoms. The molecule has 0 saturated carbocycles. The molecule has 1 heteroatoms. The van der Waals surface area contributed by atoms with E-state index in [0.29, 0.717) is 0 Å². The number of aryl methyl sites for hydroxylation is 1. The Morgan fingerprint density at radius 3 is 2.59 bits per heavy atom. The highest BCUT2D eigenvalue weighted by molar-refractivity contribution is 6.13. The monoisotopic (exact) mass is 285 g/mol. The largest absolute Gasteiger partial charge is 0.456 e. The first-order valence-electron chi connectivity index (χ1n) is 7.78. The lowest BCUT2D eigenvalue weighted by Crippen LogP contribution is -1.90. The second kappa shape index (κ2) is 5.34. The number of benzene rings is 3. The molecule has 0 atom stereocenters. The quantitative estimate of drug-likeness (QED) is 0.449. The minimum Gasteiger partial charge on any atom is -0.456 e. The van der Waals surface area contributed by atoms with E-state index in [9.17, 15) is 0 Å². The van der Waals surface area contributed by atoms with E-state index in [1.165, 1.54) is 21.9 Å². The normalized spacial score (nSPS) is 11.3. The van der Waals surface area contributed by atoms with Crippen LogP contribution in [0.3, 0.4) is 0 Å². The smallest absolute Gasteiger partial charge is 0.136 e. The molecular formula is C21H17O. The first kappa shape index (κ1) is 13.1. The molecule has 22 heavy (non-hydrogen) atoms. The highest BCUT2D eigenvalue weighted by Crippen LogP contribution is 2.38. The molecule has 3 aromatic carbocycles. The van der Waals surface area contributed by atoms with Gasteiger partial charge in [-0.1, -0.05) is 61.9 Å². The first-order chi connectivity index (χ1) is 10.9. The first-order valence-corrected chi connectivity index (χ1v) is 7.78. The summed E-state index contributed by atoms with van der Waals surface area (Å²) in [5, 5.41) is 2.40. The summed E-state index contributed by atoms with van der Waals surface area (Å²) in [5.41, 5.74) is 5.67. The van der Waals surface area contributed by atoms with Crippen molar-refractivity contribution in [3.05, 3.63) is 72.3 Å². The summed E-state index contributed by atoms with van der Waals surface area (Å²) in [6.45, 7) is 2.22. The van der Waals surface area contributed by atoms with Crippen molar-refractivity contribution >= 4 is 21.9 Å². The molecule has 4 aromatic rings. The molecular weight excluding hydrogens is 268 g/mol. The van der Waals surface area contributed by atoms with Gasteiger partial charge >= 0.3 is 0 Å². The molecule has 107 valence electrons. The van der Waals surface area contributed by atoms with Crippen LogP contribution in [-0.4, -0.2) is 0 Å². The van der Waals surface area contributed by atoms with E-state index in [4.69, 9.17) is 4.42 Å². The van der Waals surface area contributed by atoms with Gasteiger partial charge < -0.3 is 4.42 Å². The van der Waals surface area contributed by atoms with Crippen molar-refractivity contribution in [2.45, 2.75) is 19.8 Å². The number of para-hydroxylation sites is 1. The van der Waals surface area contributed by atoms with Gasteiger partial charge in [-0.3, -0.25) is 0 Å². The summed E-state index contributed by atoms with van der Waals surface area (Å²) in [6.07, 6.45) is 2.19. The second-order valence-electron chi connectivity index (χ2n) is 5.60. The zero-order valence-electron chi connectivity index (χ0n) is 12.6. The highest BCUT2D eigenvalue weighted by Gasteiger charge is 2.15. The number of rotatable bonds is 3. The van der Waals surface area contributed by atoms with Crippen LogP contribution in [0, 0.1) is 6.07 Å². The predicted molar refractivity (Wildman–Crippen MR) is 92.0 cm³/mol. The molecule has 1 heterocycles. The maximum absolute atomic E-state index is 6.03. The van der Waals surface area contributed by atoms with Crippen LogP contribution in [0.15, 0.2) is 65.1 Å². The van der Waals surface area contributed by atoms with Crippen LogP contribution in [0.2, 0.25) is 0 Å². The molecule has 0 unspecified atom stereocenters. The van der Waals surface area contributed by atoms with Crippen LogP contribution >= 0.6 is 0 Å². The minimum atomic E-state index is 0.948. The topological polar surface area (TPSA) is 13.1 Å². The summed E-state index contributed by atoms with van der Waals surface area (Å²) in [5.74, 6) is 0. The summed E-state index contributed by atoms with van der Waals surface area (Å²) in [7, 11) is 0. The molecule has 1 nitrogen and oxygen atoms in total. The van der Waals surface area contributed by atoms with Crippen molar-refractivity contribution in [1.82, 2.24) is 0 Å². The fourth-order valence-electron chi connectivity index (χ4n) is 3.19. The number of hydrogen-bond donors (Lipinski definition) is 0. The molecule has 0 fully saturated rings. The van der Waals surface area contributed by atoms with Gasteiger partial charge in [0.05, 0.1) is 0 Å². The summed E-state index contributed by atoms with van der Waals surface area (Å²) in [4.78, 5) is 0. The van der Waals surface area contributed by atoms with Gasteiger partial charge in [-0.05, 0) is 41.3 Å². The van der Waals surface area contributed by atoms with Crippen LogP contribution in [0.4, 0.5) is 0 Å². The third-order valence-corrected chi connectivity index (χ3v) is 4.13. The Labute approximate surface area is 130 Å². The Kier molecular flexibility index (Phi) is 3.19. The summed E-state index contributed by atoms with van der Waals surface area (Å²) < 4.78 is 6.03. The van der Waals surface area contributed by atoms with Crippen molar-refractivity contribution < 1.29 is 4.42 Å². The Hall–Kier alpha value is -2.54. The lowest BCUT2D eigenvalue weighted by molar-refractivity contribution is 0.669. The third kappa shape index (κ3) is 2.01. The number of furan rings is 1. The standard InChI is InChI=1S/C21H17O/c1-2-8-15-13-14-19-21(17-11-6-7-12-18(17)22-19)20(15)16-9-4-3-5-10-16/h3-7,9,11-14H,2,8H2,1H3. The minimum absolute atomic E-state index is 0.948. The van der Waals surface area contributed by atoms with Gasteiger partial charge in [-0.2, -0.15) is 0 Å². The number of hydrogen-bond acceptors (Lipinski definition) is 1. The molecule has 4 rings (SSSR count). The maximum Gasteiger partial charge on any atom is 0.136 e. The fourth-order valence-corrected chi connectivity index (χ4v) is 3.19. The van der Waals surface area contributed by atoms with Crippen molar-refractivity contribution in [3.63, 3.8) is 0 Å². The highest BCUT2D eigenvalue weighted by atomic mass is 16.3. The van der Waals surface area contributed by atoms with Gasteiger partial charge in [-0.15, -0.1) is 0 Å². The van der Waals surface area contributed by atoms with Gasteiger partial charge in [0, 0.05) is 10.8 Å². The fraction of sp³-hybridized carbons (Fsp3) is 0.143. The van der Waals surface area contributed by atoms with E-state index >= 15 is 0 Å². The van der Waals surface area contributed by atoms with Gasteiger partial charge in [0.15, 0.2) is 0 Å². The van der Waals surface area contributed by atoms with Crippen molar-refractivity contribution in [1.29, 1.82) is 0 Å².